The van der Waals surface area contributed by atoms with Crippen molar-refractivity contribution < 1.29 is 9.53 Å². The average Bonchev–Trinajstić information content (AvgIpc) is 2.85. The predicted octanol–water partition coefficient (Wildman–Crippen LogP) is 3.15. The van der Waals surface area contributed by atoms with Gasteiger partial charge >= 0.3 is 0 Å². The number of amides is 1. The van der Waals surface area contributed by atoms with Crippen molar-refractivity contribution >= 4 is 40.3 Å². The van der Waals surface area contributed by atoms with Gasteiger partial charge in [0.15, 0.2) is 0 Å². The van der Waals surface area contributed by atoms with Crippen molar-refractivity contribution in [1.29, 1.82) is 0 Å². The number of pyridine rings is 1. The number of para-hydroxylation sites is 1. The van der Waals surface area contributed by atoms with Gasteiger partial charge < -0.3 is 10.1 Å². The normalized spacial score (nSPS) is 15.9. The largest absolute Gasteiger partial charge is 0.488 e. The van der Waals surface area contributed by atoms with Gasteiger partial charge in [-0.15, -0.1) is 0 Å². The Kier molecular flexibility index (Phi) is 4.50. The third-order valence-corrected chi connectivity index (χ3v) is 4.13. The van der Waals surface area contributed by atoms with Crippen molar-refractivity contribution in [2.45, 2.75) is 6.61 Å². The third kappa shape index (κ3) is 3.52. The number of rotatable bonds is 4. The molecule has 4 nitrogen and oxygen atoms in total. The fourth-order valence-corrected chi connectivity index (χ4v) is 2.97. The van der Waals surface area contributed by atoms with E-state index < -0.39 is 0 Å². The van der Waals surface area contributed by atoms with E-state index in [1.807, 2.05) is 36.4 Å². The summed E-state index contributed by atoms with van der Waals surface area (Å²) in [5.41, 5.74) is 1.83. The van der Waals surface area contributed by atoms with E-state index in [2.05, 4.69) is 10.3 Å². The molecule has 1 saturated heterocycles. The third-order valence-electron chi connectivity index (χ3n) is 2.96. The summed E-state index contributed by atoms with van der Waals surface area (Å²) in [6, 6.07) is 11.4. The van der Waals surface area contributed by atoms with E-state index in [0.717, 1.165) is 11.1 Å². The van der Waals surface area contributed by atoms with Gasteiger partial charge in [0, 0.05) is 23.5 Å². The Labute approximate surface area is 137 Å². The molecule has 1 aliphatic rings. The molecule has 0 atom stereocenters. The summed E-state index contributed by atoms with van der Waals surface area (Å²) in [6.45, 7) is 0.422. The first-order valence-corrected chi connectivity index (χ1v) is 7.80. The molecule has 22 heavy (non-hydrogen) atoms. The summed E-state index contributed by atoms with van der Waals surface area (Å²) in [6.07, 6.45) is 5.28. The van der Waals surface area contributed by atoms with E-state index in [9.17, 15) is 4.79 Å². The molecule has 110 valence electrons. The predicted molar refractivity (Wildman–Crippen MR) is 91.3 cm³/mol. The molecule has 1 fully saturated rings. The van der Waals surface area contributed by atoms with Gasteiger partial charge in [-0.05, 0) is 18.2 Å². The monoisotopic (exact) mass is 328 g/mol. The fourth-order valence-electron chi connectivity index (χ4n) is 1.94. The summed E-state index contributed by atoms with van der Waals surface area (Å²) >= 11 is 6.25. The second-order valence-electron chi connectivity index (χ2n) is 4.54. The van der Waals surface area contributed by atoms with E-state index in [4.69, 9.17) is 17.0 Å². The van der Waals surface area contributed by atoms with Crippen LogP contribution in [-0.4, -0.2) is 15.2 Å². The minimum absolute atomic E-state index is 0.169. The molecular formula is C16H12N2O2S2. The van der Waals surface area contributed by atoms with Crippen molar-refractivity contribution in [1.82, 2.24) is 10.3 Å². The minimum Gasteiger partial charge on any atom is -0.488 e. The summed E-state index contributed by atoms with van der Waals surface area (Å²) in [5, 5.41) is 2.60. The maximum absolute atomic E-state index is 11.7. The molecule has 1 aliphatic heterocycles. The Morgan fingerprint density at radius 1 is 1.27 bits per heavy atom. The highest BCUT2D eigenvalue weighted by Gasteiger charge is 2.22. The van der Waals surface area contributed by atoms with Gasteiger partial charge in [-0.2, -0.15) is 0 Å². The van der Waals surface area contributed by atoms with Crippen molar-refractivity contribution in [2.75, 3.05) is 0 Å². The van der Waals surface area contributed by atoms with Crippen LogP contribution in [0.5, 0.6) is 5.75 Å². The van der Waals surface area contributed by atoms with Gasteiger partial charge in [0.05, 0.1) is 4.91 Å². The van der Waals surface area contributed by atoms with E-state index in [-0.39, 0.29) is 5.91 Å². The van der Waals surface area contributed by atoms with Crippen molar-refractivity contribution in [3.8, 4) is 5.75 Å². The molecule has 0 saturated carbocycles. The lowest BCUT2D eigenvalue weighted by Gasteiger charge is -2.09. The molecule has 2 aromatic rings. The van der Waals surface area contributed by atoms with E-state index in [0.29, 0.717) is 21.6 Å². The number of carbonyl (C=O) groups excluding carboxylic acids is 1. The number of nitrogens with zero attached hydrogens (tertiary/aromatic N) is 1. The zero-order valence-electron chi connectivity index (χ0n) is 11.5. The Hall–Kier alpha value is -2.18. The second kappa shape index (κ2) is 6.72. The first-order chi connectivity index (χ1) is 10.7. The zero-order valence-corrected chi connectivity index (χ0v) is 13.1. The zero-order chi connectivity index (χ0) is 15.4. The molecule has 6 heteroatoms. The maximum atomic E-state index is 11.7. The quantitative estimate of drug-likeness (QED) is 0.690. The SMILES string of the molecule is O=C1NC(=S)S/C1=C\c1ccccc1OCc1cccnc1. The fraction of sp³-hybridized carbons (Fsp3) is 0.0625. The molecular weight excluding hydrogens is 316 g/mol. The molecule has 2 heterocycles. The average molecular weight is 328 g/mol. The molecule has 0 unspecified atom stereocenters. The van der Waals surface area contributed by atoms with Crippen LogP contribution in [0.2, 0.25) is 0 Å². The Morgan fingerprint density at radius 2 is 2.14 bits per heavy atom. The standard InChI is InChI=1S/C16H12N2O2S2/c19-15-14(22-16(21)18-15)8-12-5-1-2-6-13(12)20-10-11-4-3-7-17-9-11/h1-9H,10H2,(H,18,19,21)/b14-8-. The lowest BCUT2D eigenvalue weighted by molar-refractivity contribution is -0.115. The highest BCUT2D eigenvalue weighted by Crippen LogP contribution is 2.29. The number of aromatic nitrogens is 1. The van der Waals surface area contributed by atoms with Crippen LogP contribution < -0.4 is 10.1 Å². The number of thiocarbonyl (C=S) groups is 1. The molecule has 0 spiro atoms. The van der Waals surface area contributed by atoms with Crippen molar-refractivity contribution in [2.24, 2.45) is 0 Å². The Bertz CT molecular complexity index is 745. The number of hydrogen-bond acceptors (Lipinski definition) is 5. The summed E-state index contributed by atoms with van der Waals surface area (Å²) in [7, 11) is 0. The first kappa shape index (κ1) is 14.7. The van der Waals surface area contributed by atoms with E-state index >= 15 is 0 Å². The van der Waals surface area contributed by atoms with E-state index in [1.165, 1.54) is 11.8 Å². The molecule has 1 N–H and O–H groups in total. The van der Waals surface area contributed by atoms with Crippen LogP contribution in [-0.2, 0) is 11.4 Å². The van der Waals surface area contributed by atoms with Crippen LogP contribution in [0, 0.1) is 0 Å². The molecule has 1 amide bonds. The Morgan fingerprint density at radius 3 is 2.86 bits per heavy atom. The van der Waals surface area contributed by atoms with Crippen molar-refractivity contribution in [3.05, 3.63) is 64.8 Å². The van der Waals surface area contributed by atoms with Crippen LogP contribution in [0.25, 0.3) is 6.08 Å². The lowest BCUT2D eigenvalue weighted by atomic mass is 10.2. The van der Waals surface area contributed by atoms with Gasteiger partial charge in [-0.3, -0.25) is 9.78 Å². The van der Waals surface area contributed by atoms with Crippen LogP contribution in [0.4, 0.5) is 0 Å². The number of carbonyl (C=O) groups is 1. The number of nitrogens with one attached hydrogen (secondary N) is 1. The molecule has 1 aromatic carbocycles. The topological polar surface area (TPSA) is 51.2 Å². The minimum atomic E-state index is -0.169. The maximum Gasteiger partial charge on any atom is 0.263 e. The first-order valence-electron chi connectivity index (χ1n) is 6.58. The van der Waals surface area contributed by atoms with Gasteiger partial charge in [0.2, 0.25) is 0 Å². The van der Waals surface area contributed by atoms with E-state index in [1.54, 1.807) is 18.5 Å². The smallest absolute Gasteiger partial charge is 0.263 e. The van der Waals surface area contributed by atoms with Gasteiger partial charge in [0.25, 0.3) is 5.91 Å². The van der Waals surface area contributed by atoms with Crippen molar-refractivity contribution in [3.63, 3.8) is 0 Å². The number of ether oxygens (including phenoxy) is 1. The van der Waals surface area contributed by atoms with Gasteiger partial charge in [-0.25, -0.2) is 0 Å². The highest BCUT2D eigenvalue weighted by molar-refractivity contribution is 8.26. The molecule has 0 bridgehead atoms. The van der Waals surface area contributed by atoms with Crippen LogP contribution in [0.15, 0.2) is 53.7 Å². The highest BCUT2D eigenvalue weighted by atomic mass is 32.2. The number of thioether (sulfide) groups is 1. The summed E-state index contributed by atoms with van der Waals surface area (Å²) in [5.74, 6) is 0.544. The number of benzene rings is 1. The van der Waals surface area contributed by atoms with Crippen LogP contribution in [0.3, 0.4) is 0 Å². The lowest BCUT2D eigenvalue weighted by Crippen LogP contribution is -2.17. The second-order valence-corrected chi connectivity index (χ2v) is 6.26. The van der Waals surface area contributed by atoms with Gasteiger partial charge in [-0.1, -0.05) is 48.2 Å². The molecule has 3 rings (SSSR count). The van der Waals surface area contributed by atoms with Crippen LogP contribution in [0.1, 0.15) is 11.1 Å². The molecule has 0 radical (unpaired) electrons. The van der Waals surface area contributed by atoms with Gasteiger partial charge in [0.1, 0.15) is 16.7 Å². The van der Waals surface area contributed by atoms with Crippen LogP contribution >= 0.6 is 24.0 Å². The summed E-state index contributed by atoms with van der Waals surface area (Å²) < 4.78 is 6.31. The summed E-state index contributed by atoms with van der Waals surface area (Å²) in [4.78, 5) is 16.4. The molecule has 1 aromatic heterocycles. The Balaban J connectivity index is 1.80. The number of hydrogen-bond donors (Lipinski definition) is 1. The molecule has 0 aliphatic carbocycles.